The maximum absolute atomic E-state index is 14.1. The van der Waals surface area contributed by atoms with Gasteiger partial charge in [0.25, 0.3) is 0 Å². The molecule has 0 radical (unpaired) electrons. The van der Waals surface area contributed by atoms with E-state index in [0.717, 1.165) is 17.5 Å². The first-order valence-corrected chi connectivity index (χ1v) is 12.8. The van der Waals surface area contributed by atoms with Crippen LogP contribution < -0.4 is 10.6 Å². The van der Waals surface area contributed by atoms with Gasteiger partial charge in [0.05, 0.1) is 30.6 Å². The van der Waals surface area contributed by atoms with Crippen molar-refractivity contribution in [2.45, 2.75) is 56.5 Å². The van der Waals surface area contributed by atoms with Gasteiger partial charge in [0.1, 0.15) is 11.6 Å². The molecule has 190 valence electrons. The molecular weight excluding hydrogens is 458 g/mol. The van der Waals surface area contributed by atoms with Gasteiger partial charge in [-0.3, -0.25) is 14.4 Å². The molecule has 8 nitrogen and oxygen atoms in total. The highest BCUT2D eigenvalue weighted by atomic mass is 16.5. The summed E-state index contributed by atoms with van der Waals surface area (Å²) in [5, 5.41) is 16.4. The number of nitrogens with one attached hydrogen (secondary N) is 2. The van der Waals surface area contributed by atoms with Crippen LogP contribution >= 0.6 is 0 Å². The summed E-state index contributed by atoms with van der Waals surface area (Å²) in [4.78, 5) is 42.6. The van der Waals surface area contributed by atoms with Crippen LogP contribution in [0.25, 0.3) is 0 Å². The van der Waals surface area contributed by atoms with Crippen LogP contribution in [0.4, 0.5) is 0 Å². The molecule has 0 aromatic heterocycles. The number of fused-ring (bicyclic) bond motifs is 1. The van der Waals surface area contributed by atoms with Crippen molar-refractivity contribution in [2.24, 2.45) is 11.8 Å². The summed E-state index contributed by atoms with van der Waals surface area (Å²) >= 11 is 0. The van der Waals surface area contributed by atoms with Crippen molar-refractivity contribution in [1.29, 1.82) is 0 Å². The third kappa shape index (κ3) is 3.98. The van der Waals surface area contributed by atoms with Gasteiger partial charge < -0.3 is 25.4 Å². The molecule has 3 amide bonds. The van der Waals surface area contributed by atoms with Crippen molar-refractivity contribution in [3.63, 3.8) is 0 Å². The van der Waals surface area contributed by atoms with Crippen LogP contribution in [0.2, 0.25) is 0 Å². The molecule has 3 heterocycles. The van der Waals surface area contributed by atoms with Gasteiger partial charge in [-0.15, -0.1) is 0 Å². The molecule has 2 aromatic carbocycles. The van der Waals surface area contributed by atoms with Crippen molar-refractivity contribution in [2.75, 3.05) is 13.2 Å². The number of amides is 3. The molecule has 8 heteroatoms. The van der Waals surface area contributed by atoms with E-state index in [9.17, 15) is 19.5 Å². The highest BCUT2D eigenvalue weighted by Crippen LogP contribution is 2.59. The summed E-state index contributed by atoms with van der Waals surface area (Å²) in [6.07, 6.45) is 1.51. The van der Waals surface area contributed by atoms with E-state index in [0.29, 0.717) is 25.9 Å². The SMILES string of the molecule is CCCNC(=O)[C@@H]1[C@@H]2CCC3(O2)C(C(=O)NCc2ccccc2)N([C@H](CO)c2ccccc2)C(=O)[C@H]13. The lowest BCUT2D eigenvalue weighted by molar-refractivity contribution is -0.146. The van der Waals surface area contributed by atoms with E-state index >= 15 is 0 Å². The van der Waals surface area contributed by atoms with Gasteiger partial charge in [-0.1, -0.05) is 67.6 Å². The number of aliphatic hydroxyl groups excluding tert-OH is 1. The minimum Gasteiger partial charge on any atom is -0.394 e. The second-order valence-electron chi connectivity index (χ2n) is 9.90. The van der Waals surface area contributed by atoms with E-state index in [1.165, 1.54) is 4.90 Å². The number of hydrogen-bond donors (Lipinski definition) is 3. The molecule has 0 saturated carbocycles. The molecule has 5 rings (SSSR count). The number of aliphatic hydroxyl groups is 1. The van der Waals surface area contributed by atoms with Crippen LogP contribution in [0.5, 0.6) is 0 Å². The van der Waals surface area contributed by atoms with Crippen LogP contribution in [0.1, 0.15) is 43.4 Å². The number of carbonyl (C=O) groups is 3. The Bertz CT molecular complexity index is 1110. The monoisotopic (exact) mass is 491 g/mol. The first-order chi connectivity index (χ1) is 17.5. The first-order valence-electron chi connectivity index (χ1n) is 12.8. The second-order valence-corrected chi connectivity index (χ2v) is 9.90. The van der Waals surface area contributed by atoms with E-state index < -0.39 is 35.6 Å². The molecule has 3 fully saturated rings. The predicted octanol–water partition coefficient (Wildman–Crippen LogP) is 1.94. The van der Waals surface area contributed by atoms with Gasteiger partial charge in [-0.05, 0) is 30.4 Å². The summed E-state index contributed by atoms with van der Waals surface area (Å²) in [5.74, 6) is -2.26. The number of carbonyl (C=O) groups excluding carboxylic acids is 3. The van der Waals surface area contributed by atoms with Gasteiger partial charge in [0.2, 0.25) is 17.7 Å². The molecule has 0 aliphatic carbocycles. The summed E-state index contributed by atoms with van der Waals surface area (Å²) in [7, 11) is 0. The summed E-state index contributed by atoms with van der Waals surface area (Å²) in [6, 6.07) is 17.1. The standard InChI is InChI=1S/C28H33N3O5/c1-2-15-29-25(33)22-21-13-14-28(36-21)23(22)27(35)31(20(17-32)19-11-7-4-8-12-19)24(28)26(34)30-16-18-9-5-3-6-10-18/h3-12,20-24,32H,2,13-17H2,1H3,(H,29,33)(H,30,34)/t20-,21+,22-,23+,24?,28?/m1/s1. The van der Waals surface area contributed by atoms with Crippen LogP contribution in [-0.4, -0.2) is 58.6 Å². The Hall–Kier alpha value is -3.23. The predicted molar refractivity (Wildman–Crippen MR) is 132 cm³/mol. The number of rotatable bonds is 9. The number of nitrogens with zero attached hydrogens (tertiary/aromatic N) is 1. The fourth-order valence-electron chi connectivity index (χ4n) is 6.30. The summed E-state index contributed by atoms with van der Waals surface area (Å²) in [6.45, 7) is 2.44. The quantitative estimate of drug-likeness (QED) is 0.497. The minimum atomic E-state index is -1.10. The Balaban J connectivity index is 1.52. The topological polar surface area (TPSA) is 108 Å². The zero-order valence-corrected chi connectivity index (χ0v) is 20.4. The summed E-state index contributed by atoms with van der Waals surface area (Å²) < 4.78 is 6.45. The third-order valence-electron chi connectivity index (χ3n) is 7.84. The lowest BCUT2D eigenvalue weighted by Crippen LogP contribution is -2.56. The van der Waals surface area contributed by atoms with Crippen LogP contribution in [0, 0.1) is 11.8 Å². The molecular formula is C28H33N3O5. The van der Waals surface area contributed by atoms with Crippen molar-refractivity contribution < 1.29 is 24.2 Å². The first kappa shape index (κ1) is 24.5. The molecule has 36 heavy (non-hydrogen) atoms. The average Bonchev–Trinajstić information content (AvgIpc) is 3.55. The van der Waals surface area contributed by atoms with Crippen LogP contribution in [0.15, 0.2) is 60.7 Å². The third-order valence-corrected chi connectivity index (χ3v) is 7.84. The van der Waals surface area contributed by atoms with E-state index in [4.69, 9.17) is 4.74 Å². The van der Waals surface area contributed by atoms with E-state index in [2.05, 4.69) is 10.6 Å². The van der Waals surface area contributed by atoms with Gasteiger partial charge in [0, 0.05) is 13.1 Å². The van der Waals surface area contributed by atoms with E-state index in [1.807, 2.05) is 67.6 Å². The Morgan fingerprint density at radius 3 is 2.44 bits per heavy atom. The zero-order chi connectivity index (χ0) is 25.3. The Kier molecular flexibility index (Phi) is 6.81. The molecule has 3 N–H and O–H groups in total. The number of likely N-dealkylation sites (tertiary alicyclic amines) is 1. The average molecular weight is 492 g/mol. The fraction of sp³-hybridized carbons (Fsp3) is 0.464. The van der Waals surface area contributed by atoms with Gasteiger partial charge in [0.15, 0.2) is 0 Å². The molecule has 2 unspecified atom stereocenters. The van der Waals surface area contributed by atoms with Crippen molar-refractivity contribution >= 4 is 17.7 Å². The number of benzene rings is 2. The summed E-state index contributed by atoms with van der Waals surface area (Å²) in [5.41, 5.74) is 0.567. The highest BCUT2D eigenvalue weighted by molar-refractivity contribution is 5.99. The molecule has 3 aliphatic heterocycles. The Labute approximate surface area is 211 Å². The van der Waals surface area contributed by atoms with Crippen molar-refractivity contribution in [3.8, 4) is 0 Å². The molecule has 6 atom stereocenters. The molecule has 2 bridgehead atoms. The Morgan fingerprint density at radius 2 is 1.78 bits per heavy atom. The fourth-order valence-corrected chi connectivity index (χ4v) is 6.30. The van der Waals surface area contributed by atoms with Crippen LogP contribution in [0.3, 0.4) is 0 Å². The number of ether oxygens (including phenoxy) is 1. The van der Waals surface area contributed by atoms with Gasteiger partial charge in [-0.25, -0.2) is 0 Å². The molecule has 1 spiro atoms. The van der Waals surface area contributed by atoms with Crippen molar-refractivity contribution in [3.05, 3.63) is 71.8 Å². The molecule has 3 saturated heterocycles. The smallest absolute Gasteiger partial charge is 0.246 e. The van der Waals surface area contributed by atoms with Gasteiger partial charge in [-0.2, -0.15) is 0 Å². The maximum Gasteiger partial charge on any atom is 0.246 e. The van der Waals surface area contributed by atoms with E-state index in [1.54, 1.807) is 0 Å². The molecule has 3 aliphatic rings. The number of hydrogen-bond acceptors (Lipinski definition) is 5. The zero-order valence-electron chi connectivity index (χ0n) is 20.4. The minimum absolute atomic E-state index is 0.202. The normalized spacial score (nSPS) is 29.2. The highest BCUT2D eigenvalue weighted by Gasteiger charge is 2.75. The van der Waals surface area contributed by atoms with E-state index in [-0.39, 0.29) is 24.3 Å². The largest absolute Gasteiger partial charge is 0.394 e. The Morgan fingerprint density at radius 1 is 1.08 bits per heavy atom. The lowest BCUT2D eigenvalue weighted by Gasteiger charge is -2.36. The van der Waals surface area contributed by atoms with Crippen molar-refractivity contribution in [1.82, 2.24) is 15.5 Å². The molecule has 2 aromatic rings. The maximum atomic E-state index is 14.1. The lowest BCUT2D eigenvalue weighted by atomic mass is 9.70. The van der Waals surface area contributed by atoms with Crippen LogP contribution in [-0.2, 0) is 25.7 Å². The van der Waals surface area contributed by atoms with Gasteiger partial charge >= 0.3 is 0 Å². The second kappa shape index (κ2) is 10.0.